The van der Waals surface area contributed by atoms with Gasteiger partial charge in [-0.25, -0.2) is 9.98 Å². The molecule has 1 aromatic rings. The minimum absolute atomic E-state index is 0.223. The van der Waals surface area contributed by atoms with Crippen LogP contribution in [0.3, 0.4) is 0 Å². The lowest BCUT2D eigenvalue weighted by molar-refractivity contribution is 0.0668. The first-order chi connectivity index (χ1) is 18.2. The molecule has 1 fully saturated rings. The van der Waals surface area contributed by atoms with Gasteiger partial charge in [0.25, 0.3) is 0 Å². The third-order valence-electron chi connectivity index (χ3n) is 7.21. The van der Waals surface area contributed by atoms with Gasteiger partial charge in [0.2, 0.25) is 0 Å². The maximum atomic E-state index is 8.98. The smallest absolute Gasteiger partial charge is 0.134 e. The van der Waals surface area contributed by atoms with Gasteiger partial charge < -0.3 is 30.7 Å². The molecule has 8 nitrogen and oxygen atoms in total. The Bertz CT molecular complexity index is 1110. The molecule has 4 heterocycles. The largest absolute Gasteiger partial charge is 0.396 e. The number of aliphatic hydroxyl groups excluding tert-OH is 1. The number of aliphatic hydroxyl groups is 1. The number of aliphatic imine (C=N–C) groups is 2. The molecule has 1 saturated heterocycles. The number of allylic oxidation sites excluding steroid dienone is 3. The molecule has 0 aliphatic carbocycles. The first-order valence-electron chi connectivity index (χ1n) is 13.4. The summed E-state index contributed by atoms with van der Waals surface area (Å²) < 4.78 is 5.63. The highest BCUT2D eigenvalue weighted by Crippen LogP contribution is 2.42. The van der Waals surface area contributed by atoms with Crippen LogP contribution in [0.5, 0.6) is 0 Å². The van der Waals surface area contributed by atoms with Crippen LogP contribution in [0.25, 0.3) is 0 Å². The van der Waals surface area contributed by atoms with Gasteiger partial charge in [-0.05, 0) is 67.6 Å². The predicted molar refractivity (Wildman–Crippen MR) is 152 cm³/mol. The third-order valence-corrected chi connectivity index (χ3v) is 8.15. The van der Waals surface area contributed by atoms with Crippen LogP contribution in [0.2, 0.25) is 0 Å². The van der Waals surface area contributed by atoms with E-state index in [-0.39, 0.29) is 12.5 Å². The molecule has 0 amide bonds. The molecule has 4 N–H and O–H groups in total. The summed E-state index contributed by atoms with van der Waals surface area (Å²) >= 11 is 1.79. The quantitative estimate of drug-likeness (QED) is 0.273. The molecule has 4 aliphatic heterocycles. The Hall–Kier alpha value is -2.59. The average molecular weight is 523 g/mol. The molecule has 0 bridgehead atoms. The second-order valence-electron chi connectivity index (χ2n) is 9.67. The zero-order valence-corrected chi connectivity index (χ0v) is 22.3. The molecule has 1 atom stereocenters. The molecule has 0 saturated carbocycles. The molecule has 5 rings (SSSR count). The van der Waals surface area contributed by atoms with Crippen LogP contribution in [0, 0.1) is 5.92 Å². The van der Waals surface area contributed by atoms with E-state index in [0.29, 0.717) is 5.82 Å². The lowest BCUT2D eigenvalue weighted by Gasteiger charge is -2.35. The van der Waals surface area contributed by atoms with Gasteiger partial charge in [-0.3, -0.25) is 0 Å². The monoisotopic (exact) mass is 522 g/mol. The molecule has 37 heavy (non-hydrogen) atoms. The number of rotatable bonds is 8. The van der Waals surface area contributed by atoms with Crippen LogP contribution in [-0.2, 0) is 4.74 Å². The van der Waals surface area contributed by atoms with Gasteiger partial charge in [-0.15, -0.1) is 11.8 Å². The molecule has 9 heteroatoms. The summed E-state index contributed by atoms with van der Waals surface area (Å²) in [6.07, 6.45) is 10.9. The highest BCUT2D eigenvalue weighted by molar-refractivity contribution is 7.99. The number of ether oxygens (including phenoxy) is 1. The van der Waals surface area contributed by atoms with Crippen LogP contribution >= 0.6 is 11.8 Å². The van der Waals surface area contributed by atoms with Crippen LogP contribution in [-0.4, -0.2) is 73.9 Å². The minimum Gasteiger partial charge on any atom is -0.396 e. The molecule has 4 aliphatic rings. The molecule has 0 unspecified atom stereocenters. The Morgan fingerprint density at radius 2 is 2.03 bits per heavy atom. The van der Waals surface area contributed by atoms with E-state index in [1.54, 1.807) is 11.8 Å². The molecule has 0 aromatic heterocycles. The predicted octanol–water partition coefficient (Wildman–Crippen LogP) is 3.47. The van der Waals surface area contributed by atoms with Gasteiger partial charge in [0.1, 0.15) is 17.5 Å². The fourth-order valence-corrected chi connectivity index (χ4v) is 6.06. The number of benzene rings is 1. The van der Waals surface area contributed by atoms with Crippen molar-refractivity contribution in [2.24, 2.45) is 21.6 Å². The van der Waals surface area contributed by atoms with Gasteiger partial charge in [0.15, 0.2) is 0 Å². The van der Waals surface area contributed by atoms with Crippen molar-refractivity contribution in [2.75, 3.05) is 56.8 Å². The number of hydrogen-bond donors (Lipinski definition) is 3. The summed E-state index contributed by atoms with van der Waals surface area (Å²) in [6, 6.07) is 8.75. The number of anilines is 1. The molecule has 198 valence electrons. The van der Waals surface area contributed by atoms with Crippen molar-refractivity contribution in [2.45, 2.75) is 37.0 Å². The first-order valence-corrected chi connectivity index (χ1v) is 14.4. The maximum Gasteiger partial charge on any atom is 0.134 e. The number of nitrogens with one attached hydrogen (secondary N) is 1. The van der Waals surface area contributed by atoms with Crippen molar-refractivity contribution in [1.29, 1.82) is 0 Å². The summed E-state index contributed by atoms with van der Waals surface area (Å²) in [5.41, 5.74) is 9.91. The number of hydrogen-bond acceptors (Lipinski definition) is 9. The van der Waals surface area contributed by atoms with Crippen molar-refractivity contribution in [1.82, 2.24) is 10.2 Å². The van der Waals surface area contributed by atoms with Crippen molar-refractivity contribution in [3.8, 4) is 0 Å². The van der Waals surface area contributed by atoms with E-state index >= 15 is 0 Å². The SMILES string of the molecule is NC1=CCCC=C([C@H]2CC(N3CCOCC3)=NC3=C2CCN3c2cccc(SCNCCCO)c2)C=N1. The van der Waals surface area contributed by atoms with Crippen molar-refractivity contribution in [3.05, 3.63) is 59.2 Å². The van der Waals surface area contributed by atoms with Crippen molar-refractivity contribution in [3.63, 3.8) is 0 Å². The Kier molecular flexibility index (Phi) is 8.99. The Labute approximate surface area is 224 Å². The minimum atomic E-state index is 0.223. The van der Waals surface area contributed by atoms with E-state index in [4.69, 9.17) is 20.6 Å². The van der Waals surface area contributed by atoms with Gasteiger partial charge >= 0.3 is 0 Å². The van der Waals surface area contributed by atoms with Gasteiger partial charge in [-0.1, -0.05) is 12.1 Å². The first kappa shape index (κ1) is 26.0. The lowest BCUT2D eigenvalue weighted by atomic mass is 9.84. The fourth-order valence-electron chi connectivity index (χ4n) is 5.27. The highest BCUT2D eigenvalue weighted by atomic mass is 32.2. The number of nitrogens with zero attached hydrogens (tertiary/aromatic N) is 4. The standard InChI is InChI=1S/C28H38N6O2S/c29-26-8-2-1-5-21(19-31-26)25-18-27(33-12-15-36-16-13-33)32-28-24(25)9-11-34(28)22-6-3-7-23(17-22)37-20-30-10-4-14-35/h3,5-8,17,19,25,30,35H,1-2,4,9-16,18,20,29H2/t25-/m1/s1. The summed E-state index contributed by atoms with van der Waals surface area (Å²) in [6.45, 7) is 5.23. The van der Waals surface area contributed by atoms with Crippen molar-refractivity contribution < 1.29 is 9.84 Å². The normalized spacial score (nSPS) is 22.3. The molecule has 1 aromatic carbocycles. The summed E-state index contributed by atoms with van der Waals surface area (Å²) in [7, 11) is 0. The Morgan fingerprint density at radius 1 is 1.16 bits per heavy atom. The maximum absolute atomic E-state index is 8.98. The summed E-state index contributed by atoms with van der Waals surface area (Å²) in [5.74, 6) is 3.94. The number of thioether (sulfide) groups is 1. The van der Waals surface area contributed by atoms with Gasteiger partial charge in [-0.2, -0.15) is 0 Å². The van der Waals surface area contributed by atoms with E-state index in [2.05, 4.69) is 50.5 Å². The van der Waals surface area contributed by atoms with Crippen LogP contribution in [0.15, 0.2) is 74.1 Å². The second-order valence-corrected chi connectivity index (χ2v) is 10.7. The van der Waals surface area contributed by atoms with E-state index in [0.717, 1.165) is 89.0 Å². The third kappa shape index (κ3) is 6.46. The lowest BCUT2D eigenvalue weighted by Crippen LogP contribution is -2.43. The van der Waals surface area contributed by atoms with E-state index in [1.165, 1.54) is 21.7 Å². The average Bonchev–Trinajstić information content (AvgIpc) is 3.35. The molecule has 0 radical (unpaired) electrons. The topological polar surface area (TPSA) is 98.7 Å². The number of nitrogens with two attached hydrogens (primary N) is 1. The zero-order chi connectivity index (χ0) is 25.5. The second kappa shape index (κ2) is 12.8. The van der Waals surface area contributed by atoms with E-state index < -0.39 is 0 Å². The molecular formula is C28H38N6O2S. The highest BCUT2D eigenvalue weighted by Gasteiger charge is 2.36. The number of morpholine rings is 1. The Balaban J connectivity index is 1.42. The van der Waals surface area contributed by atoms with Crippen LogP contribution in [0.4, 0.5) is 5.69 Å². The van der Waals surface area contributed by atoms with E-state index in [9.17, 15) is 0 Å². The van der Waals surface area contributed by atoms with E-state index in [1.807, 2.05) is 12.3 Å². The number of amidine groups is 1. The van der Waals surface area contributed by atoms with Crippen LogP contribution < -0.4 is 16.0 Å². The van der Waals surface area contributed by atoms with Gasteiger partial charge in [0, 0.05) is 61.3 Å². The fraction of sp³-hybridized carbons (Fsp3) is 0.500. The Morgan fingerprint density at radius 3 is 2.89 bits per heavy atom. The van der Waals surface area contributed by atoms with Crippen LogP contribution in [0.1, 0.15) is 32.1 Å². The summed E-state index contributed by atoms with van der Waals surface area (Å²) in [5, 5.41) is 12.4. The zero-order valence-electron chi connectivity index (χ0n) is 21.4. The summed E-state index contributed by atoms with van der Waals surface area (Å²) in [4.78, 5) is 15.9. The molecular weight excluding hydrogens is 484 g/mol. The molecule has 0 spiro atoms. The van der Waals surface area contributed by atoms with Gasteiger partial charge in [0.05, 0.1) is 13.2 Å². The van der Waals surface area contributed by atoms with Crippen molar-refractivity contribution >= 4 is 29.5 Å².